The van der Waals surface area contributed by atoms with Gasteiger partial charge in [0.25, 0.3) is 11.6 Å². The predicted molar refractivity (Wildman–Crippen MR) is 108 cm³/mol. The first-order chi connectivity index (χ1) is 14.3. The highest BCUT2D eigenvalue weighted by Gasteiger charge is 2.21. The van der Waals surface area contributed by atoms with E-state index in [4.69, 9.17) is 21.2 Å². The number of carboxylic acid groups (broad SMARTS) is 1. The summed E-state index contributed by atoms with van der Waals surface area (Å²) in [6.07, 6.45) is 0. The van der Waals surface area contributed by atoms with Crippen LogP contribution in [-0.2, 0) is 0 Å². The highest BCUT2D eigenvalue weighted by atomic mass is 35.5. The fraction of sp³-hybridized carbons (Fsp3) is 0.0476. The van der Waals surface area contributed by atoms with Crippen molar-refractivity contribution in [2.45, 2.75) is 6.92 Å². The maximum atomic E-state index is 14.3. The lowest BCUT2D eigenvalue weighted by Gasteiger charge is -2.10. The van der Waals surface area contributed by atoms with E-state index in [0.29, 0.717) is 27.4 Å². The standard InChI is InChI=1S/C21H13ClFN3O4/c1-10-18-13(19(27)24-16-7-6-11(21(28)29)8-15(16)23)9-17(25-20(18)30-26-10)12-4-2-3-5-14(12)22/h2-9H,1H3,(H,24,27)(H,28,29). The molecule has 0 fully saturated rings. The number of anilines is 1. The lowest BCUT2D eigenvalue weighted by atomic mass is 10.0. The average Bonchev–Trinajstić information content (AvgIpc) is 3.10. The number of benzene rings is 2. The van der Waals surface area contributed by atoms with Crippen molar-refractivity contribution in [1.29, 1.82) is 0 Å². The first kappa shape index (κ1) is 19.5. The van der Waals surface area contributed by atoms with Crippen molar-refractivity contribution in [3.8, 4) is 11.3 Å². The maximum Gasteiger partial charge on any atom is 0.335 e. The Morgan fingerprint density at radius 3 is 2.63 bits per heavy atom. The molecule has 0 unspecified atom stereocenters. The van der Waals surface area contributed by atoms with E-state index < -0.39 is 17.7 Å². The van der Waals surface area contributed by atoms with Crippen LogP contribution >= 0.6 is 11.6 Å². The van der Waals surface area contributed by atoms with Gasteiger partial charge in [0, 0.05) is 10.6 Å². The number of rotatable bonds is 4. The van der Waals surface area contributed by atoms with Crippen LogP contribution in [0.2, 0.25) is 5.02 Å². The number of hydrogen-bond acceptors (Lipinski definition) is 5. The normalized spacial score (nSPS) is 10.9. The number of fused-ring (bicyclic) bond motifs is 1. The highest BCUT2D eigenvalue weighted by Crippen LogP contribution is 2.31. The second-order valence-electron chi connectivity index (χ2n) is 6.44. The van der Waals surface area contributed by atoms with Crippen molar-refractivity contribution in [2.24, 2.45) is 0 Å². The van der Waals surface area contributed by atoms with Crippen LogP contribution < -0.4 is 5.32 Å². The Balaban J connectivity index is 1.79. The van der Waals surface area contributed by atoms with E-state index in [1.165, 1.54) is 18.2 Å². The molecule has 0 saturated heterocycles. The summed E-state index contributed by atoms with van der Waals surface area (Å²) < 4.78 is 19.5. The summed E-state index contributed by atoms with van der Waals surface area (Å²) in [5, 5.41) is 16.1. The molecule has 150 valence electrons. The van der Waals surface area contributed by atoms with Crippen LogP contribution in [0, 0.1) is 12.7 Å². The molecule has 1 amide bonds. The number of carboxylic acids is 1. The molecule has 0 radical (unpaired) electrons. The van der Waals surface area contributed by atoms with Crippen LogP contribution in [0.5, 0.6) is 0 Å². The number of nitrogens with one attached hydrogen (secondary N) is 1. The lowest BCUT2D eigenvalue weighted by Crippen LogP contribution is -2.14. The topological polar surface area (TPSA) is 105 Å². The van der Waals surface area contributed by atoms with Crippen molar-refractivity contribution in [3.05, 3.63) is 76.2 Å². The zero-order valence-electron chi connectivity index (χ0n) is 15.4. The number of hydrogen-bond donors (Lipinski definition) is 2. The van der Waals surface area contributed by atoms with E-state index in [-0.39, 0.29) is 22.5 Å². The van der Waals surface area contributed by atoms with Crippen LogP contribution in [-0.4, -0.2) is 27.1 Å². The number of nitrogens with zero attached hydrogens (tertiary/aromatic N) is 2. The molecule has 4 aromatic rings. The van der Waals surface area contributed by atoms with Gasteiger partial charge in [-0.05, 0) is 37.3 Å². The van der Waals surface area contributed by atoms with Gasteiger partial charge in [0.15, 0.2) is 0 Å². The van der Waals surface area contributed by atoms with Gasteiger partial charge < -0.3 is 14.9 Å². The Hall–Kier alpha value is -3.78. The lowest BCUT2D eigenvalue weighted by molar-refractivity contribution is 0.0696. The molecule has 2 aromatic carbocycles. The zero-order valence-corrected chi connectivity index (χ0v) is 16.2. The van der Waals surface area contributed by atoms with Crippen molar-refractivity contribution in [1.82, 2.24) is 10.1 Å². The number of carbonyl (C=O) groups is 2. The van der Waals surface area contributed by atoms with E-state index in [1.54, 1.807) is 31.2 Å². The van der Waals surface area contributed by atoms with Crippen molar-refractivity contribution in [3.63, 3.8) is 0 Å². The SMILES string of the molecule is Cc1noc2nc(-c3ccccc3Cl)cc(C(=O)Nc3ccc(C(=O)O)cc3F)c12. The Morgan fingerprint density at radius 2 is 1.93 bits per heavy atom. The Bertz CT molecular complexity index is 1320. The van der Waals surface area contributed by atoms with Gasteiger partial charge in [-0.2, -0.15) is 0 Å². The van der Waals surface area contributed by atoms with Gasteiger partial charge in [0.2, 0.25) is 0 Å². The summed E-state index contributed by atoms with van der Waals surface area (Å²) in [7, 11) is 0. The van der Waals surface area contributed by atoms with Gasteiger partial charge in [-0.1, -0.05) is 35.0 Å². The molecule has 0 aliphatic rings. The van der Waals surface area contributed by atoms with Crippen LogP contribution in [0.1, 0.15) is 26.4 Å². The first-order valence-electron chi connectivity index (χ1n) is 8.71. The zero-order chi connectivity index (χ0) is 21.4. The first-order valence-corrected chi connectivity index (χ1v) is 9.09. The molecule has 0 aliphatic heterocycles. The molecule has 9 heteroatoms. The molecule has 0 aliphatic carbocycles. The largest absolute Gasteiger partial charge is 0.478 e. The number of aryl methyl sites for hydroxylation is 1. The van der Waals surface area contributed by atoms with E-state index in [9.17, 15) is 14.0 Å². The Kier molecular flexibility index (Phi) is 4.93. The van der Waals surface area contributed by atoms with E-state index in [1.807, 2.05) is 0 Å². The molecule has 2 aromatic heterocycles. The van der Waals surface area contributed by atoms with Crippen molar-refractivity contribution in [2.75, 3.05) is 5.32 Å². The Morgan fingerprint density at radius 1 is 1.17 bits per heavy atom. The fourth-order valence-corrected chi connectivity index (χ4v) is 3.25. The van der Waals surface area contributed by atoms with Crippen LogP contribution in [0.3, 0.4) is 0 Å². The van der Waals surface area contributed by atoms with Crippen LogP contribution in [0.4, 0.5) is 10.1 Å². The predicted octanol–water partition coefficient (Wildman–Crippen LogP) is 4.94. The summed E-state index contributed by atoms with van der Waals surface area (Å²) in [6, 6.07) is 11.7. The summed E-state index contributed by atoms with van der Waals surface area (Å²) in [6.45, 7) is 1.65. The number of carbonyl (C=O) groups excluding carboxylic acids is 1. The summed E-state index contributed by atoms with van der Waals surface area (Å²) in [4.78, 5) is 28.4. The summed E-state index contributed by atoms with van der Waals surface area (Å²) in [5.41, 5.74) is 1.32. The molecule has 2 N–H and O–H groups in total. The van der Waals surface area contributed by atoms with E-state index >= 15 is 0 Å². The highest BCUT2D eigenvalue weighted by molar-refractivity contribution is 6.33. The molecule has 4 rings (SSSR count). The molecule has 2 heterocycles. The molecule has 0 saturated carbocycles. The van der Waals surface area contributed by atoms with Gasteiger partial charge in [-0.3, -0.25) is 4.79 Å². The van der Waals surface area contributed by atoms with E-state index in [2.05, 4.69) is 15.5 Å². The Labute approximate surface area is 174 Å². The van der Waals surface area contributed by atoms with Crippen LogP contribution in [0.15, 0.2) is 53.1 Å². The molecular weight excluding hydrogens is 413 g/mol. The third kappa shape index (κ3) is 3.48. The van der Waals surface area contributed by atoms with Crippen molar-refractivity contribution >= 4 is 40.3 Å². The second kappa shape index (κ2) is 7.57. The third-order valence-electron chi connectivity index (χ3n) is 4.48. The number of amides is 1. The fourth-order valence-electron chi connectivity index (χ4n) is 3.02. The van der Waals surface area contributed by atoms with Crippen molar-refractivity contribution < 1.29 is 23.6 Å². The minimum Gasteiger partial charge on any atom is -0.478 e. The molecule has 7 nitrogen and oxygen atoms in total. The van der Waals surface area contributed by atoms with Gasteiger partial charge >= 0.3 is 5.97 Å². The summed E-state index contributed by atoms with van der Waals surface area (Å²) in [5.74, 6) is -2.78. The maximum absolute atomic E-state index is 14.3. The monoisotopic (exact) mass is 425 g/mol. The molecule has 0 bridgehead atoms. The number of aromatic carboxylic acids is 1. The molecule has 30 heavy (non-hydrogen) atoms. The smallest absolute Gasteiger partial charge is 0.335 e. The number of pyridine rings is 1. The molecule has 0 spiro atoms. The minimum absolute atomic E-state index is 0.136. The second-order valence-corrected chi connectivity index (χ2v) is 6.84. The minimum atomic E-state index is -1.27. The number of aromatic nitrogens is 2. The van der Waals surface area contributed by atoms with Gasteiger partial charge in [-0.25, -0.2) is 14.2 Å². The van der Waals surface area contributed by atoms with Gasteiger partial charge in [-0.15, -0.1) is 0 Å². The van der Waals surface area contributed by atoms with Gasteiger partial charge in [0.05, 0.1) is 33.6 Å². The molecular formula is C21H13ClFN3O4. The summed E-state index contributed by atoms with van der Waals surface area (Å²) >= 11 is 6.25. The van der Waals surface area contributed by atoms with Crippen LogP contribution in [0.25, 0.3) is 22.4 Å². The number of halogens is 2. The quantitative estimate of drug-likeness (QED) is 0.479. The third-order valence-corrected chi connectivity index (χ3v) is 4.81. The van der Waals surface area contributed by atoms with E-state index in [0.717, 1.165) is 6.07 Å². The average molecular weight is 426 g/mol. The van der Waals surface area contributed by atoms with Gasteiger partial charge in [0.1, 0.15) is 5.82 Å². The molecule has 0 atom stereocenters.